The van der Waals surface area contributed by atoms with Crippen molar-refractivity contribution < 1.29 is 4.42 Å². The van der Waals surface area contributed by atoms with E-state index in [4.69, 9.17) is 4.42 Å². The number of benzene rings is 1. The van der Waals surface area contributed by atoms with Gasteiger partial charge >= 0.3 is 0 Å². The van der Waals surface area contributed by atoms with Crippen LogP contribution >= 0.6 is 0 Å². The molecule has 0 aliphatic heterocycles. The minimum atomic E-state index is 0.524. The third-order valence-electron chi connectivity index (χ3n) is 2.50. The maximum Gasteiger partial charge on any atom is 0.192 e. The third-order valence-corrected chi connectivity index (χ3v) is 2.50. The molecule has 17 heavy (non-hydrogen) atoms. The maximum absolute atomic E-state index is 5.49. The molecule has 1 aromatic carbocycles. The van der Waals surface area contributed by atoms with Gasteiger partial charge in [-0.2, -0.15) is 0 Å². The number of nitrogens with zero attached hydrogens (tertiary/aromatic N) is 1. The van der Waals surface area contributed by atoms with Crippen LogP contribution in [0, 0.1) is 6.92 Å². The van der Waals surface area contributed by atoms with Crippen molar-refractivity contribution in [2.45, 2.75) is 26.8 Å². The van der Waals surface area contributed by atoms with Gasteiger partial charge in [0.2, 0.25) is 0 Å². The Hall–Kier alpha value is -1.55. The fourth-order valence-electron chi connectivity index (χ4n) is 1.72. The molecule has 0 aliphatic rings. The minimum Gasteiger partial charge on any atom is -0.441 e. The number of anilines is 1. The van der Waals surface area contributed by atoms with Gasteiger partial charge in [-0.25, -0.2) is 4.98 Å². The van der Waals surface area contributed by atoms with E-state index in [2.05, 4.69) is 29.5 Å². The molecule has 0 atom stereocenters. The van der Waals surface area contributed by atoms with Crippen LogP contribution in [0.15, 0.2) is 22.6 Å². The lowest BCUT2D eigenvalue weighted by Gasteiger charge is -2.09. The zero-order valence-electron chi connectivity index (χ0n) is 10.6. The van der Waals surface area contributed by atoms with Crippen molar-refractivity contribution in [1.82, 2.24) is 10.3 Å². The summed E-state index contributed by atoms with van der Waals surface area (Å²) >= 11 is 0. The molecule has 92 valence electrons. The second-order valence-corrected chi connectivity index (χ2v) is 4.45. The molecule has 0 bridgehead atoms. The van der Waals surface area contributed by atoms with E-state index < -0.39 is 0 Å². The average Bonchev–Trinajstić information content (AvgIpc) is 2.63. The summed E-state index contributed by atoms with van der Waals surface area (Å²) in [7, 11) is 0. The van der Waals surface area contributed by atoms with Crippen molar-refractivity contribution in [3.63, 3.8) is 0 Å². The number of hydrogen-bond acceptors (Lipinski definition) is 4. The van der Waals surface area contributed by atoms with Gasteiger partial charge < -0.3 is 15.1 Å². The molecule has 0 saturated carbocycles. The third kappa shape index (κ3) is 3.20. The van der Waals surface area contributed by atoms with Gasteiger partial charge in [-0.05, 0) is 12.1 Å². The van der Waals surface area contributed by atoms with E-state index in [1.54, 1.807) is 0 Å². The predicted molar refractivity (Wildman–Crippen MR) is 70.4 cm³/mol. The van der Waals surface area contributed by atoms with Crippen LogP contribution in [-0.4, -0.2) is 24.1 Å². The molecule has 2 aromatic rings. The summed E-state index contributed by atoms with van der Waals surface area (Å²) in [5, 5.41) is 6.71. The highest BCUT2D eigenvalue weighted by molar-refractivity contribution is 5.77. The van der Waals surface area contributed by atoms with Crippen molar-refractivity contribution in [3.8, 4) is 0 Å². The largest absolute Gasteiger partial charge is 0.441 e. The monoisotopic (exact) mass is 233 g/mol. The molecule has 2 rings (SSSR count). The van der Waals surface area contributed by atoms with Crippen LogP contribution in [0.2, 0.25) is 0 Å². The van der Waals surface area contributed by atoms with E-state index in [9.17, 15) is 0 Å². The maximum atomic E-state index is 5.49. The Morgan fingerprint density at radius 3 is 2.88 bits per heavy atom. The van der Waals surface area contributed by atoms with Crippen molar-refractivity contribution in [3.05, 3.63) is 24.1 Å². The first-order chi connectivity index (χ1) is 8.15. The van der Waals surface area contributed by atoms with Crippen LogP contribution in [-0.2, 0) is 0 Å². The first-order valence-electron chi connectivity index (χ1n) is 5.99. The summed E-state index contributed by atoms with van der Waals surface area (Å²) in [6, 6.07) is 6.52. The van der Waals surface area contributed by atoms with Gasteiger partial charge in [0.15, 0.2) is 11.5 Å². The molecule has 0 unspecified atom stereocenters. The van der Waals surface area contributed by atoms with Crippen LogP contribution in [0.5, 0.6) is 0 Å². The number of oxazole rings is 1. The van der Waals surface area contributed by atoms with Crippen molar-refractivity contribution >= 4 is 16.8 Å². The van der Waals surface area contributed by atoms with Crippen LogP contribution in [0.3, 0.4) is 0 Å². The zero-order chi connectivity index (χ0) is 12.3. The van der Waals surface area contributed by atoms with Crippen LogP contribution in [0.1, 0.15) is 19.7 Å². The number of hydrogen-bond donors (Lipinski definition) is 2. The summed E-state index contributed by atoms with van der Waals surface area (Å²) < 4.78 is 5.49. The fourth-order valence-corrected chi connectivity index (χ4v) is 1.72. The lowest BCUT2D eigenvalue weighted by atomic mass is 10.3. The second-order valence-electron chi connectivity index (χ2n) is 4.45. The molecule has 0 amide bonds. The smallest absolute Gasteiger partial charge is 0.192 e. The van der Waals surface area contributed by atoms with Crippen LogP contribution < -0.4 is 10.6 Å². The normalized spacial score (nSPS) is 11.3. The molecule has 1 heterocycles. The zero-order valence-corrected chi connectivity index (χ0v) is 10.6. The topological polar surface area (TPSA) is 50.1 Å². The summed E-state index contributed by atoms with van der Waals surface area (Å²) in [5.41, 5.74) is 2.82. The molecule has 1 aromatic heterocycles. The lowest BCUT2D eigenvalue weighted by Crippen LogP contribution is -2.28. The fraction of sp³-hybridized carbons (Fsp3) is 0.462. The Morgan fingerprint density at radius 1 is 1.29 bits per heavy atom. The number of aromatic nitrogens is 1. The predicted octanol–water partition coefficient (Wildman–Crippen LogP) is 2.55. The van der Waals surface area contributed by atoms with Gasteiger partial charge in [0.1, 0.15) is 5.52 Å². The molecule has 4 nitrogen and oxygen atoms in total. The van der Waals surface area contributed by atoms with Gasteiger partial charge in [-0.3, -0.25) is 0 Å². The molecule has 4 heteroatoms. The summed E-state index contributed by atoms with van der Waals surface area (Å²) in [6.07, 6.45) is 0. The second kappa shape index (κ2) is 5.19. The number of fused-ring (bicyclic) bond motifs is 1. The Labute approximate surface area is 101 Å². The van der Waals surface area contributed by atoms with Gasteiger partial charge in [0, 0.05) is 37.8 Å². The van der Waals surface area contributed by atoms with Crippen LogP contribution in [0.4, 0.5) is 5.69 Å². The molecule has 0 saturated heterocycles. The van der Waals surface area contributed by atoms with Crippen molar-refractivity contribution in [2.24, 2.45) is 0 Å². The van der Waals surface area contributed by atoms with E-state index >= 15 is 0 Å². The van der Waals surface area contributed by atoms with E-state index in [-0.39, 0.29) is 0 Å². The molecular formula is C13H19N3O. The Balaban J connectivity index is 1.94. The number of aryl methyl sites for hydroxylation is 1. The molecule has 2 N–H and O–H groups in total. The van der Waals surface area contributed by atoms with Crippen LogP contribution in [0.25, 0.3) is 11.1 Å². The highest BCUT2D eigenvalue weighted by Gasteiger charge is 2.02. The van der Waals surface area contributed by atoms with E-state index in [0.717, 1.165) is 29.9 Å². The lowest BCUT2D eigenvalue weighted by molar-refractivity contribution is 0.561. The summed E-state index contributed by atoms with van der Waals surface area (Å²) in [6.45, 7) is 7.99. The highest BCUT2D eigenvalue weighted by atomic mass is 16.3. The Morgan fingerprint density at radius 2 is 2.12 bits per heavy atom. The van der Waals surface area contributed by atoms with Gasteiger partial charge in [0.25, 0.3) is 0 Å². The van der Waals surface area contributed by atoms with E-state index in [1.807, 2.05) is 25.1 Å². The van der Waals surface area contributed by atoms with Gasteiger partial charge in [-0.1, -0.05) is 13.8 Å². The van der Waals surface area contributed by atoms with Gasteiger partial charge in [-0.15, -0.1) is 0 Å². The molecule has 0 aliphatic carbocycles. The number of nitrogens with one attached hydrogen (secondary N) is 2. The molecular weight excluding hydrogens is 214 g/mol. The quantitative estimate of drug-likeness (QED) is 0.779. The standard InChI is InChI=1S/C13H19N3O/c1-9(2)14-6-7-15-11-4-5-12-13(8-11)17-10(3)16-12/h4-5,8-9,14-15H,6-7H2,1-3H3. The average molecular weight is 233 g/mol. The number of rotatable bonds is 5. The molecule has 0 spiro atoms. The Kier molecular flexibility index (Phi) is 3.64. The SMILES string of the molecule is Cc1nc2ccc(NCCNC(C)C)cc2o1. The van der Waals surface area contributed by atoms with Crippen molar-refractivity contribution in [2.75, 3.05) is 18.4 Å². The minimum absolute atomic E-state index is 0.524. The van der Waals surface area contributed by atoms with E-state index in [1.165, 1.54) is 0 Å². The first kappa shape index (κ1) is 11.9. The van der Waals surface area contributed by atoms with E-state index in [0.29, 0.717) is 11.9 Å². The summed E-state index contributed by atoms with van der Waals surface area (Å²) in [5.74, 6) is 0.707. The van der Waals surface area contributed by atoms with Gasteiger partial charge in [0.05, 0.1) is 0 Å². The summed E-state index contributed by atoms with van der Waals surface area (Å²) in [4.78, 5) is 4.27. The molecule has 0 fully saturated rings. The Bertz CT molecular complexity index is 490. The molecule has 0 radical (unpaired) electrons. The first-order valence-corrected chi connectivity index (χ1v) is 5.99. The highest BCUT2D eigenvalue weighted by Crippen LogP contribution is 2.19. The van der Waals surface area contributed by atoms with Crippen molar-refractivity contribution in [1.29, 1.82) is 0 Å².